The summed E-state index contributed by atoms with van der Waals surface area (Å²) in [7, 11) is 0. The number of hydrogen-bond acceptors (Lipinski definition) is 1. The molecule has 0 radical (unpaired) electrons. The average molecular weight is 359 g/mol. The highest BCUT2D eigenvalue weighted by atomic mass is 19.1. The Balaban J connectivity index is 0.000000195. The molecule has 1 aromatic heterocycles. The number of halogens is 3. The Kier molecular flexibility index (Phi) is 8.56. The molecule has 2 aromatic carbocycles. The molecule has 4 heteroatoms. The summed E-state index contributed by atoms with van der Waals surface area (Å²) in [5.74, 6) is -0.622. The smallest absolute Gasteiger partial charge is 0.213 e. The van der Waals surface area contributed by atoms with Gasteiger partial charge in [0.1, 0.15) is 11.6 Å². The largest absolute Gasteiger partial charge is 0.228 e. The van der Waals surface area contributed by atoms with Crippen LogP contribution >= 0.6 is 0 Å². The third kappa shape index (κ3) is 7.51. The van der Waals surface area contributed by atoms with Crippen LogP contribution in [0.2, 0.25) is 0 Å². The molecule has 1 nitrogen and oxygen atoms in total. The van der Waals surface area contributed by atoms with Gasteiger partial charge in [-0.05, 0) is 75.1 Å². The van der Waals surface area contributed by atoms with Gasteiger partial charge in [0.25, 0.3) is 0 Å². The maximum Gasteiger partial charge on any atom is 0.213 e. The Labute approximate surface area is 153 Å². The van der Waals surface area contributed by atoms with E-state index in [4.69, 9.17) is 0 Å². The Morgan fingerprint density at radius 3 is 1.62 bits per heavy atom. The summed E-state index contributed by atoms with van der Waals surface area (Å²) >= 11 is 0. The summed E-state index contributed by atoms with van der Waals surface area (Å²) in [5.41, 5.74) is 4.16. The molecule has 0 aliphatic heterocycles. The third-order valence-electron chi connectivity index (χ3n) is 3.58. The third-order valence-corrected chi connectivity index (χ3v) is 3.58. The van der Waals surface area contributed by atoms with Crippen LogP contribution in [0.1, 0.15) is 27.8 Å². The van der Waals surface area contributed by atoms with Crippen molar-refractivity contribution in [2.45, 2.75) is 34.6 Å². The molecule has 0 saturated carbocycles. The van der Waals surface area contributed by atoms with Crippen molar-refractivity contribution in [2.75, 3.05) is 0 Å². The molecule has 3 aromatic rings. The molecule has 0 aliphatic carbocycles. The van der Waals surface area contributed by atoms with Gasteiger partial charge in [-0.3, -0.25) is 0 Å². The molecule has 0 N–H and O–H groups in total. The Bertz CT molecular complexity index is 807. The molecule has 0 aliphatic rings. The van der Waals surface area contributed by atoms with Crippen LogP contribution in [0.4, 0.5) is 13.2 Å². The molecule has 0 unspecified atom stereocenters. The highest BCUT2D eigenvalue weighted by Crippen LogP contribution is 2.09. The summed E-state index contributed by atoms with van der Waals surface area (Å²) in [6.45, 7) is 9.07. The van der Waals surface area contributed by atoms with Crippen LogP contribution in [0, 0.1) is 52.2 Å². The number of benzene rings is 2. The second-order valence-electron chi connectivity index (χ2n) is 6.11. The van der Waals surface area contributed by atoms with Crippen molar-refractivity contribution < 1.29 is 13.2 Å². The van der Waals surface area contributed by atoms with Gasteiger partial charge >= 0.3 is 0 Å². The van der Waals surface area contributed by atoms with Crippen molar-refractivity contribution in [1.29, 1.82) is 0 Å². The zero-order valence-corrected chi connectivity index (χ0v) is 15.8. The summed E-state index contributed by atoms with van der Waals surface area (Å²) in [5, 5.41) is 0. The Morgan fingerprint density at radius 1 is 0.654 bits per heavy atom. The fourth-order valence-electron chi connectivity index (χ4n) is 2.09. The van der Waals surface area contributed by atoms with Crippen LogP contribution in [-0.2, 0) is 0 Å². The zero-order valence-electron chi connectivity index (χ0n) is 15.8. The van der Waals surface area contributed by atoms with E-state index in [9.17, 15) is 13.2 Å². The highest BCUT2D eigenvalue weighted by molar-refractivity contribution is 5.23. The van der Waals surface area contributed by atoms with Crippen LogP contribution in [0.25, 0.3) is 0 Å². The first-order valence-corrected chi connectivity index (χ1v) is 8.23. The molecule has 3 rings (SSSR count). The standard InChI is InChI=1S/2C8H9F.C6H6FN/c1-6-3-4-8(9)7(2)5-6;1-6-4-3-5-7(2)8(6)9;1-5-2-3-8-6(7)4-5/h2*3-5H,1-2H3;2-4H,1H3. The minimum atomic E-state index is -0.412. The lowest BCUT2D eigenvalue weighted by molar-refractivity contribution is 0.582. The number of rotatable bonds is 0. The highest BCUT2D eigenvalue weighted by Gasteiger charge is 1.96. The number of hydrogen-bond donors (Lipinski definition) is 0. The van der Waals surface area contributed by atoms with E-state index in [1.807, 2.05) is 26.0 Å². The molecule has 0 amide bonds. The summed E-state index contributed by atoms with van der Waals surface area (Å²) in [6.07, 6.45) is 1.45. The predicted octanol–water partition coefficient (Wildman–Crippen LogP) is 6.41. The van der Waals surface area contributed by atoms with Gasteiger partial charge in [0.05, 0.1) is 0 Å². The van der Waals surface area contributed by atoms with Crippen LogP contribution in [0.3, 0.4) is 0 Å². The average Bonchev–Trinajstić information content (AvgIpc) is 2.57. The molecular formula is C22H24F3N. The van der Waals surface area contributed by atoms with Crippen molar-refractivity contribution in [1.82, 2.24) is 4.98 Å². The number of aryl methyl sites for hydroxylation is 5. The minimum Gasteiger partial charge on any atom is -0.228 e. The SMILES string of the molecule is Cc1ccc(F)c(C)c1.Cc1cccc(C)c1F.Cc1ccnc(F)c1. The van der Waals surface area contributed by atoms with E-state index in [1.165, 1.54) is 18.3 Å². The predicted molar refractivity (Wildman–Crippen MR) is 101 cm³/mol. The van der Waals surface area contributed by atoms with E-state index in [-0.39, 0.29) is 11.6 Å². The quantitative estimate of drug-likeness (QED) is 0.422. The van der Waals surface area contributed by atoms with E-state index in [2.05, 4.69) is 4.98 Å². The van der Waals surface area contributed by atoms with E-state index in [1.54, 1.807) is 45.0 Å². The van der Waals surface area contributed by atoms with Gasteiger partial charge in [-0.25, -0.2) is 13.8 Å². The lowest BCUT2D eigenvalue weighted by atomic mass is 10.1. The van der Waals surface area contributed by atoms with Crippen molar-refractivity contribution in [3.63, 3.8) is 0 Å². The maximum atomic E-state index is 12.7. The number of pyridine rings is 1. The molecule has 26 heavy (non-hydrogen) atoms. The van der Waals surface area contributed by atoms with E-state index in [0.717, 1.165) is 27.8 Å². The summed E-state index contributed by atoms with van der Waals surface area (Å²) < 4.78 is 37.3. The summed E-state index contributed by atoms with van der Waals surface area (Å²) in [4.78, 5) is 3.37. The molecule has 0 atom stereocenters. The number of nitrogens with zero attached hydrogens (tertiary/aromatic N) is 1. The second-order valence-corrected chi connectivity index (χ2v) is 6.11. The molecule has 1 heterocycles. The number of aromatic nitrogens is 1. The van der Waals surface area contributed by atoms with E-state index < -0.39 is 5.95 Å². The second kappa shape index (κ2) is 10.4. The van der Waals surface area contributed by atoms with Gasteiger partial charge in [-0.2, -0.15) is 4.39 Å². The van der Waals surface area contributed by atoms with Crippen LogP contribution in [0.15, 0.2) is 54.7 Å². The molecule has 138 valence electrons. The van der Waals surface area contributed by atoms with E-state index in [0.29, 0.717) is 0 Å². The van der Waals surface area contributed by atoms with Crippen molar-refractivity contribution >= 4 is 0 Å². The molecular weight excluding hydrogens is 335 g/mol. The first kappa shape index (κ1) is 21.4. The Hall–Kier alpha value is -2.62. The zero-order chi connectivity index (χ0) is 19.7. The van der Waals surface area contributed by atoms with Crippen molar-refractivity contribution in [3.05, 3.63) is 100 Å². The molecule has 0 spiro atoms. The van der Waals surface area contributed by atoms with Gasteiger partial charge in [-0.15, -0.1) is 0 Å². The Morgan fingerprint density at radius 2 is 1.23 bits per heavy atom. The van der Waals surface area contributed by atoms with Crippen molar-refractivity contribution in [2.24, 2.45) is 0 Å². The van der Waals surface area contributed by atoms with Gasteiger partial charge < -0.3 is 0 Å². The van der Waals surface area contributed by atoms with Gasteiger partial charge in [0.2, 0.25) is 5.95 Å². The summed E-state index contributed by atoms with van der Waals surface area (Å²) in [6, 6.07) is 13.6. The van der Waals surface area contributed by atoms with Gasteiger partial charge in [0, 0.05) is 6.20 Å². The van der Waals surface area contributed by atoms with Gasteiger partial charge in [0.15, 0.2) is 0 Å². The molecule has 0 fully saturated rings. The minimum absolute atomic E-state index is 0.0856. The van der Waals surface area contributed by atoms with Crippen molar-refractivity contribution in [3.8, 4) is 0 Å². The van der Waals surface area contributed by atoms with Crippen LogP contribution in [-0.4, -0.2) is 4.98 Å². The topological polar surface area (TPSA) is 12.9 Å². The van der Waals surface area contributed by atoms with Crippen LogP contribution in [0.5, 0.6) is 0 Å². The first-order valence-electron chi connectivity index (χ1n) is 8.23. The molecule has 0 saturated heterocycles. The fourth-order valence-corrected chi connectivity index (χ4v) is 2.09. The first-order chi connectivity index (χ1) is 12.2. The van der Waals surface area contributed by atoms with E-state index >= 15 is 0 Å². The maximum absolute atomic E-state index is 12.7. The molecule has 0 bridgehead atoms. The van der Waals surface area contributed by atoms with Crippen LogP contribution < -0.4 is 0 Å². The van der Waals surface area contributed by atoms with Gasteiger partial charge in [-0.1, -0.05) is 35.9 Å². The monoisotopic (exact) mass is 359 g/mol. The lowest BCUT2D eigenvalue weighted by Crippen LogP contribution is -1.84. The normalized spacial score (nSPS) is 9.54. The fraction of sp³-hybridized carbons (Fsp3) is 0.227. The lowest BCUT2D eigenvalue weighted by Gasteiger charge is -1.96.